The minimum atomic E-state index is -0.197. The lowest BCUT2D eigenvalue weighted by Crippen LogP contribution is -2.35. The third-order valence-electron chi connectivity index (χ3n) is 2.70. The molecule has 0 heterocycles. The molecule has 0 bridgehead atoms. The fraction of sp³-hybridized carbons (Fsp3) is 0.700. The molecule has 1 aliphatic carbocycles. The van der Waals surface area contributed by atoms with E-state index in [-0.39, 0.29) is 22.5 Å². The molecular weight excluding hydrogens is 172 g/mol. The molecule has 1 aliphatic rings. The molecule has 2 atom stereocenters. The van der Waals surface area contributed by atoms with E-state index in [2.05, 4.69) is 26.0 Å². The maximum absolute atomic E-state index is 11.2. The monoisotopic (exact) mass is 186 g/mol. The Hall–Kier alpha value is -0.300. The van der Waals surface area contributed by atoms with E-state index >= 15 is 0 Å². The first kappa shape index (κ1) is 9.79. The highest BCUT2D eigenvalue weighted by molar-refractivity contribution is 6.64. The number of hydrogen-bond donors (Lipinski definition) is 0. The summed E-state index contributed by atoms with van der Waals surface area (Å²) in [6.07, 6.45) is 5.16. The average molecular weight is 187 g/mol. The molecule has 0 N–H and O–H groups in total. The lowest BCUT2D eigenvalue weighted by atomic mass is 9.68. The fourth-order valence-corrected chi connectivity index (χ4v) is 2.54. The number of carbonyl (C=O) groups is 1. The summed E-state index contributed by atoms with van der Waals surface area (Å²) in [5, 5.41) is -0.197. The van der Waals surface area contributed by atoms with Crippen molar-refractivity contribution in [2.24, 2.45) is 17.3 Å². The molecule has 0 aromatic rings. The van der Waals surface area contributed by atoms with Gasteiger partial charge in [0, 0.05) is 5.92 Å². The van der Waals surface area contributed by atoms with Crippen LogP contribution in [0.15, 0.2) is 12.2 Å². The van der Waals surface area contributed by atoms with Crippen molar-refractivity contribution in [3.63, 3.8) is 0 Å². The minimum Gasteiger partial charge on any atom is -0.281 e. The molecule has 1 rings (SSSR count). The van der Waals surface area contributed by atoms with Gasteiger partial charge in [-0.05, 0) is 29.4 Å². The number of rotatable bonds is 1. The summed E-state index contributed by atoms with van der Waals surface area (Å²) in [6.45, 7) is 6.23. The quantitative estimate of drug-likeness (QED) is 0.455. The van der Waals surface area contributed by atoms with Crippen LogP contribution >= 0.6 is 11.6 Å². The van der Waals surface area contributed by atoms with Crippen molar-refractivity contribution in [2.45, 2.75) is 27.2 Å². The summed E-state index contributed by atoms with van der Waals surface area (Å²) < 4.78 is 0. The zero-order valence-electron chi connectivity index (χ0n) is 7.80. The highest BCUT2D eigenvalue weighted by Crippen LogP contribution is 2.41. The van der Waals surface area contributed by atoms with Gasteiger partial charge in [0.2, 0.25) is 5.24 Å². The van der Waals surface area contributed by atoms with Crippen LogP contribution < -0.4 is 0 Å². The van der Waals surface area contributed by atoms with E-state index in [1.165, 1.54) is 0 Å². The Labute approximate surface area is 78.8 Å². The fourth-order valence-electron chi connectivity index (χ4n) is 2.05. The molecule has 0 saturated carbocycles. The van der Waals surface area contributed by atoms with E-state index in [0.29, 0.717) is 0 Å². The van der Waals surface area contributed by atoms with E-state index in [0.717, 1.165) is 6.42 Å². The highest BCUT2D eigenvalue weighted by Gasteiger charge is 2.38. The van der Waals surface area contributed by atoms with Crippen molar-refractivity contribution < 1.29 is 4.79 Å². The molecule has 0 radical (unpaired) electrons. The van der Waals surface area contributed by atoms with Gasteiger partial charge in [0.25, 0.3) is 0 Å². The van der Waals surface area contributed by atoms with E-state index in [4.69, 9.17) is 11.6 Å². The number of hydrogen-bond acceptors (Lipinski definition) is 1. The zero-order valence-corrected chi connectivity index (χ0v) is 8.56. The van der Waals surface area contributed by atoms with Crippen LogP contribution in [0.1, 0.15) is 27.2 Å². The molecule has 0 spiro atoms. The maximum Gasteiger partial charge on any atom is 0.225 e. The molecule has 0 aromatic heterocycles. The minimum absolute atomic E-state index is 0.0208. The molecule has 0 aliphatic heterocycles. The first-order valence-corrected chi connectivity index (χ1v) is 4.69. The van der Waals surface area contributed by atoms with Gasteiger partial charge in [-0.2, -0.15) is 0 Å². The van der Waals surface area contributed by atoms with Crippen LogP contribution in [0.4, 0.5) is 0 Å². The molecular formula is C10H15ClO. The lowest BCUT2D eigenvalue weighted by molar-refractivity contribution is -0.120. The average Bonchev–Trinajstić information content (AvgIpc) is 1.82. The summed E-state index contributed by atoms with van der Waals surface area (Å²) in [7, 11) is 0. The first-order valence-electron chi connectivity index (χ1n) is 4.31. The topological polar surface area (TPSA) is 17.1 Å². The van der Waals surface area contributed by atoms with Crippen molar-refractivity contribution in [3.8, 4) is 0 Å². The molecule has 2 heteroatoms. The van der Waals surface area contributed by atoms with Crippen LogP contribution in [0.5, 0.6) is 0 Å². The Kier molecular flexibility index (Phi) is 2.62. The molecule has 0 saturated heterocycles. The zero-order chi connectivity index (χ0) is 9.35. The molecule has 0 fully saturated rings. The lowest BCUT2D eigenvalue weighted by Gasteiger charge is -2.37. The van der Waals surface area contributed by atoms with Gasteiger partial charge in [-0.15, -0.1) is 0 Å². The number of halogens is 1. The maximum atomic E-state index is 11.2. The third kappa shape index (κ3) is 1.71. The van der Waals surface area contributed by atoms with E-state index in [9.17, 15) is 4.79 Å². The number of allylic oxidation sites excluding steroid dienone is 2. The van der Waals surface area contributed by atoms with Crippen molar-refractivity contribution >= 4 is 16.8 Å². The molecule has 1 nitrogen and oxygen atoms in total. The highest BCUT2D eigenvalue weighted by atomic mass is 35.5. The van der Waals surface area contributed by atoms with Gasteiger partial charge in [0.1, 0.15) is 0 Å². The van der Waals surface area contributed by atoms with E-state index in [1.54, 1.807) is 0 Å². The van der Waals surface area contributed by atoms with E-state index in [1.807, 2.05) is 6.92 Å². The predicted molar refractivity (Wildman–Crippen MR) is 51.1 cm³/mol. The third-order valence-corrected chi connectivity index (χ3v) is 2.93. The summed E-state index contributed by atoms with van der Waals surface area (Å²) in [6, 6.07) is 0. The Bertz CT molecular complexity index is 218. The van der Waals surface area contributed by atoms with Gasteiger partial charge >= 0.3 is 0 Å². The van der Waals surface area contributed by atoms with Gasteiger partial charge in [-0.3, -0.25) is 4.79 Å². The van der Waals surface area contributed by atoms with Crippen molar-refractivity contribution in [2.75, 3.05) is 0 Å². The van der Waals surface area contributed by atoms with E-state index < -0.39 is 0 Å². The number of carbonyl (C=O) groups excluding carboxylic acids is 1. The van der Waals surface area contributed by atoms with Gasteiger partial charge < -0.3 is 0 Å². The molecule has 12 heavy (non-hydrogen) atoms. The standard InChI is InChI=1S/C10H15ClO/c1-7-5-4-6-10(2,3)8(7)9(11)12/h4-5,7-8H,6H2,1-3H3. The molecule has 2 unspecified atom stereocenters. The van der Waals surface area contributed by atoms with Crippen molar-refractivity contribution in [1.29, 1.82) is 0 Å². The molecule has 68 valence electrons. The van der Waals surface area contributed by atoms with Gasteiger partial charge in [-0.25, -0.2) is 0 Å². The Morgan fingerprint density at radius 1 is 1.58 bits per heavy atom. The second kappa shape index (κ2) is 3.21. The van der Waals surface area contributed by atoms with Gasteiger partial charge in [-0.1, -0.05) is 32.9 Å². The second-order valence-corrected chi connectivity index (χ2v) is 4.63. The predicted octanol–water partition coefficient (Wildman–Crippen LogP) is 2.99. The van der Waals surface area contributed by atoms with Crippen LogP contribution in [0, 0.1) is 17.3 Å². The van der Waals surface area contributed by atoms with Crippen LogP contribution in [0.3, 0.4) is 0 Å². The molecule has 0 amide bonds. The van der Waals surface area contributed by atoms with Crippen molar-refractivity contribution in [3.05, 3.63) is 12.2 Å². The first-order chi connectivity index (χ1) is 5.45. The second-order valence-electron chi connectivity index (χ2n) is 4.26. The summed E-state index contributed by atoms with van der Waals surface area (Å²) >= 11 is 5.56. The normalized spacial score (nSPS) is 33.3. The van der Waals surface area contributed by atoms with Crippen molar-refractivity contribution in [1.82, 2.24) is 0 Å². The Morgan fingerprint density at radius 3 is 2.50 bits per heavy atom. The van der Waals surface area contributed by atoms with Crippen LogP contribution in [0.25, 0.3) is 0 Å². The summed E-state index contributed by atoms with van der Waals surface area (Å²) in [4.78, 5) is 11.2. The van der Waals surface area contributed by atoms with Crippen LogP contribution in [0.2, 0.25) is 0 Å². The summed E-state index contributed by atoms with van der Waals surface area (Å²) in [5.74, 6) is 0.253. The SMILES string of the molecule is CC1C=CCC(C)(C)C1C(=O)Cl. The Balaban J connectivity index is 2.92. The summed E-state index contributed by atoms with van der Waals surface area (Å²) in [5.41, 5.74) is 0.0208. The largest absolute Gasteiger partial charge is 0.281 e. The van der Waals surface area contributed by atoms with Gasteiger partial charge in [0.05, 0.1) is 0 Å². The van der Waals surface area contributed by atoms with Crippen LogP contribution in [-0.2, 0) is 4.79 Å². The van der Waals surface area contributed by atoms with Crippen LogP contribution in [-0.4, -0.2) is 5.24 Å². The molecule has 0 aromatic carbocycles. The van der Waals surface area contributed by atoms with Gasteiger partial charge in [0.15, 0.2) is 0 Å². The smallest absolute Gasteiger partial charge is 0.225 e. The Morgan fingerprint density at radius 2 is 2.17 bits per heavy atom.